The molecule has 0 aromatic rings. The molecule has 2 atom stereocenters. The summed E-state index contributed by atoms with van der Waals surface area (Å²) in [5.41, 5.74) is 0. The van der Waals surface area contributed by atoms with Crippen molar-refractivity contribution in [1.82, 2.24) is 5.32 Å². The van der Waals surface area contributed by atoms with Crippen molar-refractivity contribution in [3.8, 4) is 0 Å². The van der Waals surface area contributed by atoms with Crippen molar-refractivity contribution in [2.75, 3.05) is 12.8 Å². The Morgan fingerprint density at radius 3 is 2.05 bits per heavy atom. The first-order valence-corrected chi connectivity index (χ1v) is 9.72. The molecule has 1 N–H and O–H groups in total. The van der Waals surface area contributed by atoms with E-state index >= 15 is 0 Å². The fourth-order valence-corrected chi connectivity index (χ4v) is 4.66. The molecule has 0 spiro atoms. The molecule has 1 aliphatic carbocycles. The average Bonchev–Trinajstić information content (AvgIpc) is 2.41. The van der Waals surface area contributed by atoms with Gasteiger partial charge in [-0.1, -0.05) is 64.7 Å². The van der Waals surface area contributed by atoms with Gasteiger partial charge in [0.1, 0.15) is 0 Å². The molecule has 1 aliphatic rings. The zero-order valence-electron chi connectivity index (χ0n) is 13.3. The summed E-state index contributed by atoms with van der Waals surface area (Å²) in [7, 11) is 2.17. The molecule has 0 saturated heterocycles. The molecule has 1 fully saturated rings. The third-order valence-electron chi connectivity index (χ3n) is 4.40. The summed E-state index contributed by atoms with van der Waals surface area (Å²) in [4.78, 5) is 0. The highest BCUT2D eigenvalue weighted by Gasteiger charge is 2.19. The number of hydrogen-bond acceptors (Lipinski definition) is 2. The first-order chi connectivity index (χ1) is 9.38. The smallest absolute Gasteiger partial charge is 0.0201 e. The molecule has 0 heterocycles. The maximum Gasteiger partial charge on any atom is 0.0201 e. The van der Waals surface area contributed by atoms with Crippen LogP contribution in [0, 0.1) is 0 Å². The van der Waals surface area contributed by atoms with Gasteiger partial charge in [-0.25, -0.2) is 0 Å². The summed E-state index contributed by atoms with van der Waals surface area (Å²) in [6, 6.07) is 0.751. The maximum absolute atomic E-state index is 3.61. The molecule has 2 unspecified atom stereocenters. The molecule has 0 amide bonds. The molecule has 0 aromatic carbocycles. The van der Waals surface area contributed by atoms with E-state index in [-0.39, 0.29) is 0 Å². The molecule has 0 aromatic heterocycles. The number of nitrogens with one attached hydrogen (secondary N) is 1. The topological polar surface area (TPSA) is 12.0 Å². The van der Waals surface area contributed by atoms with Crippen molar-refractivity contribution in [1.29, 1.82) is 0 Å². The maximum atomic E-state index is 3.61. The van der Waals surface area contributed by atoms with Crippen LogP contribution in [0.3, 0.4) is 0 Å². The Hall–Kier alpha value is 0.310. The lowest BCUT2D eigenvalue weighted by molar-refractivity contribution is 0.434. The number of hydrogen-bond donors (Lipinski definition) is 1. The molecule has 2 heteroatoms. The highest BCUT2D eigenvalue weighted by molar-refractivity contribution is 7.99. The van der Waals surface area contributed by atoms with E-state index in [9.17, 15) is 0 Å². The Labute approximate surface area is 125 Å². The standard InChI is InChI=1S/C17H35NS/c1-3-4-15-19-17-14-12-10-8-6-5-7-9-11-13-16(17)18-2/h16-18H,3-15H2,1-2H3. The minimum atomic E-state index is 0.751. The Morgan fingerprint density at radius 2 is 1.47 bits per heavy atom. The first kappa shape index (κ1) is 17.4. The monoisotopic (exact) mass is 285 g/mol. The lowest BCUT2D eigenvalue weighted by Gasteiger charge is -2.27. The van der Waals surface area contributed by atoms with Crippen LogP contribution >= 0.6 is 11.8 Å². The first-order valence-electron chi connectivity index (χ1n) is 8.67. The van der Waals surface area contributed by atoms with Crippen molar-refractivity contribution in [2.24, 2.45) is 0 Å². The zero-order valence-corrected chi connectivity index (χ0v) is 14.1. The van der Waals surface area contributed by atoms with Gasteiger partial charge in [-0.05, 0) is 32.1 Å². The van der Waals surface area contributed by atoms with Gasteiger partial charge in [-0.2, -0.15) is 11.8 Å². The van der Waals surface area contributed by atoms with Gasteiger partial charge in [0.25, 0.3) is 0 Å². The van der Waals surface area contributed by atoms with Crippen molar-refractivity contribution in [3.63, 3.8) is 0 Å². The number of unbranched alkanes of at least 4 members (excludes halogenated alkanes) is 1. The number of rotatable bonds is 5. The largest absolute Gasteiger partial charge is 0.316 e. The second-order valence-corrected chi connectivity index (χ2v) is 7.41. The molecule has 1 saturated carbocycles. The van der Waals surface area contributed by atoms with Gasteiger partial charge in [0.05, 0.1) is 0 Å². The van der Waals surface area contributed by atoms with E-state index in [2.05, 4.69) is 31.1 Å². The zero-order chi connectivity index (χ0) is 13.8. The summed E-state index contributed by atoms with van der Waals surface area (Å²) < 4.78 is 0. The van der Waals surface area contributed by atoms with Gasteiger partial charge >= 0.3 is 0 Å². The number of thioether (sulfide) groups is 1. The Balaban J connectivity index is 2.41. The minimum absolute atomic E-state index is 0.751. The van der Waals surface area contributed by atoms with Gasteiger partial charge in [0.2, 0.25) is 0 Å². The van der Waals surface area contributed by atoms with Crippen molar-refractivity contribution >= 4 is 11.8 Å². The van der Waals surface area contributed by atoms with E-state index < -0.39 is 0 Å². The van der Waals surface area contributed by atoms with E-state index in [1.807, 2.05) is 0 Å². The molecule has 0 bridgehead atoms. The molecule has 19 heavy (non-hydrogen) atoms. The van der Waals surface area contributed by atoms with Crippen LogP contribution in [0.1, 0.15) is 84.0 Å². The third-order valence-corrected chi connectivity index (χ3v) is 5.92. The molecular formula is C17H35NS. The van der Waals surface area contributed by atoms with Crippen LogP contribution in [0.4, 0.5) is 0 Å². The predicted octanol–water partition coefficient (Wildman–Crippen LogP) is 5.39. The SMILES string of the molecule is CCCCSC1CCCCCCCCCCC1NC. The van der Waals surface area contributed by atoms with Crippen LogP contribution in [0.25, 0.3) is 0 Å². The van der Waals surface area contributed by atoms with E-state index in [0.717, 1.165) is 11.3 Å². The molecule has 1 nitrogen and oxygen atoms in total. The average molecular weight is 286 g/mol. The lowest BCUT2D eigenvalue weighted by Crippen LogP contribution is -2.36. The van der Waals surface area contributed by atoms with E-state index in [1.165, 1.54) is 82.8 Å². The van der Waals surface area contributed by atoms with Crippen molar-refractivity contribution in [2.45, 2.75) is 95.3 Å². The van der Waals surface area contributed by atoms with E-state index in [4.69, 9.17) is 0 Å². The van der Waals surface area contributed by atoms with Gasteiger partial charge < -0.3 is 5.32 Å². The second kappa shape index (κ2) is 12.1. The van der Waals surface area contributed by atoms with Gasteiger partial charge in [-0.15, -0.1) is 0 Å². The minimum Gasteiger partial charge on any atom is -0.316 e. The van der Waals surface area contributed by atoms with Gasteiger partial charge in [-0.3, -0.25) is 0 Å². The van der Waals surface area contributed by atoms with Crippen LogP contribution in [-0.2, 0) is 0 Å². The summed E-state index contributed by atoms with van der Waals surface area (Å²) in [6.07, 6.45) is 17.2. The van der Waals surface area contributed by atoms with E-state index in [0.29, 0.717) is 0 Å². The van der Waals surface area contributed by atoms with Gasteiger partial charge in [0, 0.05) is 11.3 Å². The van der Waals surface area contributed by atoms with Crippen LogP contribution < -0.4 is 5.32 Å². The summed E-state index contributed by atoms with van der Waals surface area (Å²) in [5, 5.41) is 4.47. The normalized spacial score (nSPS) is 27.5. The predicted molar refractivity (Wildman–Crippen MR) is 90.2 cm³/mol. The molecule has 0 radical (unpaired) electrons. The Bertz CT molecular complexity index is 196. The van der Waals surface area contributed by atoms with Crippen molar-refractivity contribution in [3.05, 3.63) is 0 Å². The highest BCUT2D eigenvalue weighted by Crippen LogP contribution is 2.26. The molecule has 1 rings (SSSR count). The molecule has 0 aliphatic heterocycles. The fourth-order valence-electron chi connectivity index (χ4n) is 3.07. The van der Waals surface area contributed by atoms with Gasteiger partial charge in [0.15, 0.2) is 0 Å². The highest BCUT2D eigenvalue weighted by atomic mass is 32.2. The van der Waals surface area contributed by atoms with Crippen LogP contribution in [-0.4, -0.2) is 24.1 Å². The molecule has 114 valence electrons. The van der Waals surface area contributed by atoms with E-state index in [1.54, 1.807) is 0 Å². The Morgan fingerprint density at radius 1 is 0.895 bits per heavy atom. The fraction of sp³-hybridized carbons (Fsp3) is 1.00. The lowest BCUT2D eigenvalue weighted by atomic mass is 9.97. The Kier molecular flexibility index (Phi) is 11.0. The van der Waals surface area contributed by atoms with Crippen molar-refractivity contribution < 1.29 is 0 Å². The quantitative estimate of drug-likeness (QED) is 0.680. The van der Waals surface area contributed by atoms with Crippen LogP contribution in [0.15, 0.2) is 0 Å². The van der Waals surface area contributed by atoms with Crippen LogP contribution in [0.2, 0.25) is 0 Å². The van der Waals surface area contributed by atoms with Crippen LogP contribution in [0.5, 0.6) is 0 Å². The third kappa shape index (κ3) is 8.24. The summed E-state index contributed by atoms with van der Waals surface area (Å²) >= 11 is 2.24. The summed E-state index contributed by atoms with van der Waals surface area (Å²) in [6.45, 7) is 2.30. The second-order valence-electron chi connectivity index (χ2n) is 6.06. The molecular weight excluding hydrogens is 250 g/mol. The summed E-state index contributed by atoms with van der Waals surface area (Å²) in [5.74, 6) is 1.36.